The highest BCUT2D eigenvalue weighted by Gasteiger charge is 2.12. The van der Waals surface area contributed by atoms with E-state index >= 15 is 0 Å². The molecule has 0 radical (unpaired) electrons. The molecule has 0 unspecified atom stereocenters. The van der Waals surface area contributed by atoms with Crippen LogP contribution in [0.15, 0.2) is 61.3 Å². The van der Waals surface area contributed by atoms with Gasteiger partial charge >= 0.3 is 0 Å². The SMILES string of the molecule is CN(CCOc1ccc(Cl)cc1)C(=O)c1ccc(-n2ccnc2)nc1. The number of hydrogen-bond acceptors (Lipinski definition) is 4. The summed E-state index contributed by atoms with van der Waals surface area (Å²) in [5, 5.41) is 0.659. The van der Waals surface area contributed by atoms with Gasteiger partial charge < -0.3 is 9.64 Å². The van der Waals surface area contributed by atoms with Gasteiger partial charge in [0.2, 0.25) is 0 Å². The molecule has 1 aromatic carbocycles. The van der Waals surface area contributed by atoms with Crippen LogP contribution in [0, 0.1) is 0 Å². The molecule has 0 atom stereocenters. The Balaban J connectivity index is 1.54. The molecule has 2 heterocycles. The fourth-order valence-electron chi connectivity index (χ4n) is 2.21. The van der Waals surface area contributed by atoms with Crippen molar-refractivity contribution < 1.29 is 9.53 Å². The Bertz CT molecular complexity index is 817. The summed E-state index contributed by atoms with van der Waals surface area (Å²) < 4.78 is 7.38. The lowest BCUT2D eigenvalue weighted by Gasteiger charge is -2.17. The molecule has 0 N–H and O–H groups in total. The van der Waals surface area contributed by atoms with E-state index in [0.29, 0.717) is 29.6 Å². The minimum Gasteiger partial charge on any atom is -0.492 e. The average molecular weight is 357 g/mol. The number of rotatable bonds is 6. The molecule has 6 nitrogen and oxygen atoms in total. The molecule has 0 bridgehead atoms. The van der Waals surface area contributed by atoms with Crippen molar-refractivity contribution in [2.24, 2.45) is 0 Å². The van der Waals surface area contributed by atoms with Crippen LogP contribution in [0.4, 0.5) is 0 Å². The minimum absolute atomic E-state index is 0.107. The smallest absolute Gasteiger partial charge is 0.255 e. The van der Waals surface area contributed by atoms with Crippen LogP contribution in [0.1, 0.15) is 10.4 Å². The van der Waals surface area contributed by atoms with Gasteiger partial charge in [0.15, 0.2) is 0 Å². The second-order valence-corrected chi connectivity index (χ2v) is 5.84. The third-order valence-corrected chi connectivity index (χ3v) is 3.87. The number of ether oxygens (including phenoxy) is 1. The Morgan fingerprint density at radius 1 is 1.24 bits per heavy atom. The summed E-state index contributed by atoms with van der Waals surface area (Å²) in [5.74, 6) is 1.32. The summed E-state index contributed by atoms with van der Waals surface area (Å²) in [7, 11) is 1.73. The van der Waals surface area contributed by atoms with E-state index in [2.05, 4.69) is 9.97 Å². The average Bonchev–Trinajstić information content (AvgIpc) is 3.17. The summed E-state index contributed by atoms with van der Waals surface area (Å²) in [5.41, 5.74) is 0.526. The number of imidazole rings is 1. The number of carbonyl (C=O) groups excluding carboxylic acids is 1. The van der Waals surface area contributed by atoms with Crippen molar-refractivity contribution in [3.05, 3.63) is 71.9 Å². The summed E-state index contributed by atoms with van der Waals surface area (Å²) in [4.78, 5) is 22.3. The van der Waals surface area contributed by atoms with Crippen molar-refractivity contribution in [2.75, 3.05) is 20.2 Å². The Labute approximate surface area is 150 Å². The summed E-state index contributed by atoms with van der Waals surface area (Å²) in [6, 6.07) is 10.7. The normalized spacial score (nSPS) is 10.5. The number of halogens is 1. The van der Waals surface area contributed by atoms with Gasteiger partial charge in [-0.2, -0.15) is 0 Å². The van der Waals surface area contributed by atoms with E-state index in [1.807, 2.05) is 0 Å². The molecule has 0 fully saturated rings. The van der Waals surface area contributed by atoms with Crippen LogP contribution in [0.3, 0.4) is 0 Å². The first-order valence-corrected chi connectivity index (χ1v) is 8.09. The quantitative estimate of drug-likeness (QED) is 0.681. The highest BCUT2D eigenvalue weighted by molar-refractivity contribution is 6.30. The number of amides is 1. The van der Waals surface area contributed by atoms with Crippen LogP contribution in [-0.2, 0) is 0 Å². The van der Waals surface area contributed by atoms with Crippen LogP contribution in [0.5, 0.6) is 5.75 Å². The van der Waals surface area contributed by atoms with Gasteiger partial charge in [0.1, 0.15) is 24.5 Å². The zero-order valence-electron chi connectivity index (χ0n) is 13.7. The molecule has 0 aliphatic carbocycles. The largest absolute Gasteiger partial charge is 0.492 e. The van der Waals surface area contributed by atoms with E-state index in [9.17, 15) is 4.79 Å². The van der Waals surface area contributed by atoms with E-state index in [0.717, 1.165) is 5.75 Å². The maximum absolute atomic E-state index is 12.4. The van der Waals surface area contributed by atoms with E-state index < -0.39 is 0 Å². The second-order valence-electron chi connectivity index (χ2n) is 5.40. The van der Waals surface area contributed by atoms with Gasteiger partial charge in [0.25, 0.3) is 5.91 Å². The van der Waals surface area contributed by atoms with Gasteiger partial charge in [-0.05, 0) is 36.4 Å². The Hall–Kier alpha value is -2.86. The molecule has 1 amide bonds. The van der Waals surface area contributed by atoms with E-state index in [1.54, 1.807) is 77.8 Å². The highest BCUT2D eigenvalue weighted by atomic mass is 35.5. The molecule has 0 saturated carbocycles. The van der Waals surface area contributed by atoms with Gasteiger partial charge in [-0.3, -0.25) is 9.36 Å². The van der Waals surface area contributed by atoms with Crippen LogP contribution in [-0.4, -0.2) is 45.5 Å². The summed E-state index contributed by atoms with van der Waals surface area (Å²) in [6.07, 6.45) is 6.69. The van der Waals surface area contributed by atoms with Gasteiger partial charge in [0, 0.05) is 30.7 Å². The predicted molar refractivity (Wildman–Crippen MR) is 95.3 cm³/mol. The number of benzene rings is 1. The van der Waals surface area contributed by atoms with Crippen molar-refractivity contribution >= 4 is 17.5 Å². The van der Waals surface area contributed by atoms with Gasteiger partial charge in [0.05, 0.1) is 12.1 Å². The summed E-state index contributed by atoms with van der Waals surface area (Å²) >= 11 is 5.83. The number of nitrogens with zero attached hydrogens (tertiary/aromatic N) is 4. The summed E-state index contributed by atoms with van der Waals surface area (Å²) in [6.45, 7) is 0.856. The second kappa shape index (κ2) is 7.81. The molecule has 0 aliphatic heterocycles. The molecule has 3 aromatic rings. The molecule has 128 valence electrons. The maximum Gasteiger partial charge on any atom is 0.255 e. The number of hydrogen-bond donors (Lipinski definition) is 0. The molecule has 3 rings (SSSR count). The van der Waals surface area contributed by atoms with Crippen molar-refractivity contribution in [2.45, 2.75) is 0 Å². The van der Waals surface area contributed by atoms with Crippen LogP contribution < -0.4 is 4.74 Å². The molecular formula is C18H17ClN4O2. The monoisotopic (exact) mass is 356 g/mol. The van der Waals surface area contributed by atoms with E-state index in [1.165, 1.54) is 0 Å². The van der Waals surface area contributed by atoms with Crippen molar-refractivity contribution in [1.82, 2.24) is 19.4 Å². The Morgan fingerprint density at radius 3 is 2.68 bits per heavy atom. The van der Waals surface area contributed by atoms with Crippen molar-refractivity contribution in [1.29, 1.82) is 0 Å². The fraction of sp³-hybridized carbons (Fsp3) is 0.167. The first-order chi connectivity index (χ1) is 12.1. The van der Waals surface area contributed by atoms with Gasteiger partial charge in [-0.25, -0.2) is 9.97 Å². The topological polar surface area (TPSA) is 60.2 Å². The predicted octanol–water partition coefficient (Wildman–Crippen LogP) is 3.07. The Morgan fingerprint density at radius 2 is 2.04 bits per heavy atom. The maximum atomic E-state index is 12.4. The zero-order chi connectivity index (χ0) is 17.6. The molecule has 0 aliphatic rings. The molecule has 25 heavy (non-hydrogen) atoms. The van der Waals surface area contributed by atoms with Crippen molar-refractivity contribution in [3.63, 3.8) is 0 Å². The first kappa shape index (κ1) is 17.0. The van der Waals surface area contributed by atoms with Crippen LogP contribution in [0.2, 0.25) is 5.02 Å². The fourth-order valence-corrected chi connectivity index (χ4v) is 2.34. The van der Waals surface area contributed by atoms with Gasteiger partial charge in [-0.15, -0.1) is 0 Å². The third kappa shape index (κ3) is 4.36. The Kier molecular flexibility index (Phi) is 5.30. The van der Waals surface area contributed by atoms with E-state index in [-0.39, 0.29) is 5.91 Å². The number of likely N-dealkylation sites (N-methyl/N-ethyl adjacent to an activating group) is 1. The van der Waals surface area contributed by atoms with Crippen LogP contribution >= 0.6 is 11.6 Å². The molecule has 0 spiro atoms. The minimum atomic E-state index is -0.107. The zero-order valence-corrected chi connectivity index (χ0v) is 14.4. The molecule has 0 saturated heterocycles. The van der Waals surface area contributed by atoms with Crippen molar-refractivity contribution in [3.8, 4) is 11.6 Å². The molecule has 7 heteroatoms. The first-order valence-electron chi connectivity index (χ1n) is 7.72. The molecule has 2 aromatic heterocycles. The lowest BCUT2D eigenvalue weighted by molar-refractivity contribution is 0.0773. The highest BCUT2D eigenvalue weighted by Crippen LogP contribution is 2.15. The molecular weight excluding hydrogens is 340 g/mol. The van der Waals surface area contributed by atoms with Crippen LogP contribution in [0.25, 0.3) is 5.82 Å². The van der Waals surface area contributed by atoms with E-state index in [4.69, 9.17) is 16.3 Å². The van der Waals surface area contributed by atoms with Gasteiger partial charge in [-0.1, -0.05) is 11.6 Å². The lowest BCUT2D eigenvalue weighted by atomic mass is 10.2. The number of pyridine rings is 1. The number of carbonyl (C=O) groups is 1. The standard InChI is InChI=1S/C18H17ClN4O2/c1-22(10-11-25-16-5-3-15(19)4-6-16)18(24)14-2-7-17(21-12-14)23-9-8-20-13-23/h2-9,12-13H,10-11H2,1H3. The third-order valence-electron chi connectivity index (χ3n) is 3.62. The number of aromatic nitrogens is 3. The lowest BCUT2D eigenvalue weighted by Crippen LogP contribution is -2.31.